The first-order valence-corrected chi connectivity index (χ1v) is 5.68. The number of anilines is 1. The van der Waals surface area contributed by atoms with Crippen molar-refractivity contribution in [3.8, 4) is 0 Å². The van der Waals surface area contributed by atoms with E-state index >= 15 is 0 Å². The highest BCUT2D eigenvalue weighted by molar-refractivity contribution is 9.10. The molecule has 0 aliphatic heterocycles. The molecule has 1 amide bonds. The number of hydrogen-bond acceptors (Lipinski definition) is 4. The summed E-state index contributed by atoms with van der Waals surface area (Å²) in [6.07, 6.45) is 0. The van der Waals surface area contributed by atoms with E-state index in [1.165, 1.54) is 14.0 Å². The molecule has 0 aliphatic rings. The molecule has 0 bridgehead atoms. The van der Waals surface area contributed by atoms with Crippen molar-refractivity contribution in [3.63, 3.8) is 0 Å². The third kappa shape index (κ3) is 3.45. The molecule has 0 saturated carbocycles. The molecule has 1 atom stereocenters. The molecule has 0 unspecified atom stereocenters. The van der Waals surface area contributed by atoms with Crippen LogP contribution in [0, 0.1) is 0 Å². The van der Waals surface area contributed by atoms with Crippen LogP contribution < -0.4 is 11.1 Å². The number of methoxy groups -OCH3 is 1. The normalized spacial score (nSPS) is 11.7. The first-order chi connectivity index (χ1) is 7.95. The molecule has 0 spiro atoms. The van der Waals surface area contributed by atoms with Crippen LogP contribution in [0.4, 0.5) is 5.69 Å². The number of ether oxygens (including phenoxy) is 1. The monoisotopic (exact) mass is 300 g/mol. The Morgan fingerprint density at radius 3 is 2.71 bits per heavy atom. The minimum atomic E-state index is -0.717. The van der Waals surface area contributed by atoms with Gasteiger partial charge in [0.05, 0.1) is 12.7 Å². The van der Waals surface area contributed by atoms with E-state index in [0.29, 0.717) is 11.3 Å². The van der Waals surface area contributed by atoms with Crippen molar-refractivity contribution in [2.24, 2.45) is 0 Å². The topological polar surface area (TPSA) is 81.4 Å². The Balaban J connectivity index is 2.83. The van der Waals surface area contributed by atoms with Gasteiger partial charge < -0.3 is 15.8 Å². The molecule has 3 N–H and O–H groups in total. The molecule has 92 valence electrons. The highest BCUT2D eigenvalue weighted by atomic mass is 79.9. The lowest BCUT2D eigenvalue weighted by Gasteiger charge is -2.12. The second kappa shape index (κ2) is 5.67. The lowest BCUT2D eigenvalue weighted by molar-refractivity contribution is -0.142. The van der Waals surface area contributed by atoms with E-state index in [4.69, 9.17) is 5.73 Å². The van der Waals surface area contributed by atoms with Crippen molar-refractivity contribution in [3.05, 3.63) is 28.2 Å². The Bertz CT molecular complexity index is 448. The summed E-state index contributed by atoms with van der Waals surface area (Å²) in [7, 11) is 1.26. The summed E-state index contributed by atoms with van der Waals surface area (Å²) >= 11 is 3.25. The van der Waals surface area contributed by atoms with Gasteiger partial charge in [0.1, 0.15) is 6.04 Å². The Kier molecular flexibility index (Phi) is 4.51. The van der Waals surface area contributed by atoms with Gasteiger partial charge in [-0.3, -0.25) is 4.79 Å². The summed E-state index contributed by atoms with van der Waals surface area (Å²) in [5, 5.41) is 2.50. The minimum absolute atomic E-state index is 0.315. The second-order valence-corrected chi connectivity index (χ2v) is 4.37. The fraction of sp³-hybridized carbons (Fsp3) is 0.273. The molecule has 6 heteroatoms. The van der Waals surface area contributed by atoms with Crippen LogP contribution in [0.2, 0.25) is 0 Å². The minimum Gasteiger partial charge on any atom is -0.467 e. The van der Waals surface area contributed by atoms with Crippen LogP contribution in [0.5, 0.6) is 0 Å². The van der Waals surface area contributed by atoms with Gasteiger partial charge in [-0.15, -0.1) is 0 Å². The Morgan fingerprint density at radius 1 is 1.47 bits per heavy atom. The number of halogens is 1. The first-order valence-electron chi connectivity index (χ1n) is 4.89. The molecule has 5 nitrogen and oxygen atoms in total. The SMILES string of the molecule is COC(=O)[C@H](C)NC(=O)c1cc(Br)ccc1N. The zero-order valence-corrected chi connectivity index (χ0v) is 11.1. The lowest BCUT2D eigenvalue weighted by atomic mass is 10.1. The second-order valence-electron chi connectivity index (χ2n) is 3.45. The smallest absolute Gasteiger partial charge is 0.328 e. The maximum atomic E-state index is 11.8. The highest BCUT2D eigenvalue weighted by Gasteiger charge is 2.18. The summed E-state index contributed by atoms with van der Waals surface area (Å²) in [5.41, 5.74) is 6.34. The first kappa shape index (κ1) is 13.5. The Labute approximate surface area is 107 Å². The van der Waals surface area contributed by atoms with Crippen LogP contribution in [-0.4, -0.2) is 25.0 Å². The predicted molar refractivity (Wildman–Crippen MR) is 67.5 cm³/mol. The molecule has 0 aliphatic carbocycles. The van der Waals surface area contributed by atoms with Gasteiger partial charge in [0.15, 0.2) is 0 Å². The van der Waals surface area contributed by atoms with E-state index in [9.17, 15) is 9.59 Å². The molecular formula is C11H13BrN2O3. The number of benzene rings is 1. The summed E-state index contributed by atoms with van der Waals surface area (Å²) in [6, 6.07) is 4.22. The number of rotatable bonds is 3. The Morgan fingerprint density at radius 2 is 2.12 bits per heavy atom. The Hall–Kier alpha value is -1.56. The average molecular weight is 301 g/mol. The van der Waals surface area contributed by atoms with Gasteiger partial charge in [-0.2, -0.15) is 0 Å². The van der Waals surface area contributed by atoms with Gasteiger partial charge in [-0.1, -0.05) is 15.9 Å². The number of esters is 1. The fourth-order valence-corrected chi connectivity index (χ4v) is 1.60. The zero-order chi connectivity index (χ0) is 13.0. The molecule has 0 saturated heterocycles. The number of nitrogens with one attached hydrogen (secondary N) is 1. The number of nitrogens with two attached hydrogens (primary N) is 1. The fourth-order valence-electron chi connectivity index (χ4n) is 1.24. The quantitative estimate of drug-likeness (QED) is 0.652. The molecule has 17 heavy (non-hydrogen) atoms. The van der Waals surface area contributed by atoms with Crippen molar-refractivity contribution in [2.75, 3.05) is 12.8 Å². The number of nitrogen functional groups attached to an aromatic ring is 1. The van der Waals surface area contributed by atoms with E-state index in [1.807, 2.05) is 0 Å². The molecule has 0 fully saturated rings. The maximum Gasteiger partial charge on any atom is 0.328 e. The lowest BCUT2D eigenvalue weighted by Crippen LogP contribution is -2.39. The van der Waals surface area contributed by atoms with Crippen LogP contribution in [0.25, 0.3) is 0 Å². The zero-order valence-electron chi connectivity index (χ0n) is 9.49. The van der Waals surface area contributed by atoms with E-state index in [-0.39, 0.29) is 0 Å². The number of carbonyl (C=O) groups excluding carboxylic acids is 2. The maximum absolute atomic E-state index is 11.8. The van der Waals surface area contributed by atoms with Gasteiger partial charge in [0, 0.05) is 10.2 Å². The van der Waals surface area contributed by atoms with Crippen LogP contribution >= 0.6 is 15.9 Å². The number of amides is 1. The standard InChI is InChI=1S/C11H13BrN2O3/c1-6(11(16)17-2)14-10(15)8-5-7(12)3-4-9(8)13/h3-6H,13H2,1-2H3,(H,14,15)/t6-/m0/s1. The largest absolute Gasteiger partial charge is 0.467 e. The van der Waals surface area contributed by atoms with Crippen LogP contribution in [0.1, 0.15) is 17.3 Å². The van der Waals surface area contributed by atoms with E-state index in [0.717, 1.165) is 4.47 Å². The van der Waals surface area contributed by atoms with E-state index < -0.39 is 17.9 Å². The van der Waals surface area contributed by atoms with Gasteiger partial charge >= 0.3 is 5.97 Å². The van der Waals surface area contributed by atoms with Crippen molar-refractivity contribution >= 4 is 33.5 Å². The van der Waals surface area contributed by atoms with E-state index in [2.05, 4.69) is 26.0 Å². The van der Waals surface area contributed by atoms with Crippen molar-refractivity contribution in [1.29, 1.82) is 0 Å². The summed E-state index contributed by atoms with van der Waals surface area (Å²) in [6.45, 7) is 1.54. The van der Waals surface area contributed by atoms with Crippen LogP contribution in [0.3, 0.4) is 0 Å². The van der Waals surface area contributed by atoms with Gasteiger partial charge in [0.2, 0.25) is 0 Å². The summed E-state index contributed by atoms with van der Waals surface area (Å²) < 4.78 is 5.25. The molecule has 1 aromatic carbocycles. The summed E-state index contributed by atoms with van der Waals surface area (Å²) in [5.74, 6) is -0.923. The molecule has 0 heterocycles. The molecule has 0 radical (unpaired) electrons. The van der Waals surface area contributed by atoms with Gasteiger partial charge in [-0.05, 0) is 25.1 Å². The van der Waals surface area contributed by atoms with E-state index in [1.54, 1.807) is 18.2 Å². The van der Waals surface area contributed by atoms with Gasteiger partial charge in [-0.25, -0.2) is 4.79 Å². The van der Waals surface area contributed by atoms with Crippen molar-refractivity contribution in [2.45, 2.75) is 13.0 Å². The number of hydrogen-bond donors (Lipinski definition) is 2. The third-order valence-corrected chi connectivity index (χ3v) is 2.66. The van der Waals surface area contributed by atoms with Gasteiger partial charge in [0.25, 0.3) is 5.91 Å². The molecule has 1 rings (SSSR count). The molecule has 1 aromatic rings. The molecular weight excluding hydrogens is 288 g/mol. The van der Waals surface area contributed by atoms with Crippen molar-refractivity contribution < 1.29 is 14.3 Å². The van der Waals surface area contributed by atoms with Crippen molar-refractivity contribution in [1.82, 2.24) is 5.32 Å². The predicted octanol–water partition coefficient (Wildman–Crippen LogP) is 1.32. The van der Waals surface area contributed by atoms with Crippen LogP contribution in [-0.2, 0) is 9.53 Å². The highest BCUT2D eigenvalue weighted by Crippen LogP contribution is 2.18. The summed E-state index contributed by atoms with van der Waals surface area (Å²) in [4.78, 5) is 23.0. The number of carbonyl (C=O) groups is 2. The molecule has 0 aromatic heterocycles. The van der Waals surface area contributed by atoms with Crippen LogP contribution in [0.15, 0.2) is 22.7 Å². The third-order valence-electron chi connectivity index (χ3n) is 2.16. The average Bonchev–Trinajstić information content (AvgIpc) is 2.30.